The van der Waals surface area contributed by atoms with Crippen molar-refractivity contribution in [2.75, 3.05) is 0 Å². The van der Waals surface area contributed by atoms with Crippen LogP contribution < -0.4 is 21.1 Å². The fraction of sp³-hybridized carbons (Fsp3) is 0.360. The number of nitrogens with one attached hydrogen (secondary N) is 2. The Morgan fingerprint density at radius 2 is 1.54 bits per heavy atom. The topological polar surface area (TPSA) is 157 Å². The van der Waals surface area contributed by atoms with E-state index in [0.29, 0.717) is 17.9 Å². The monoisotopic (exact) mass is 485 g/mol. The number of nitrogens with two attached hydrogens (primary N) is 1. The first kappa shape index (κ1) is 27.2. The maximum Gasteiger partial charge on any atom is 0.408 e. The molecule has 0 aromatic heterocycles. The predicted molar refractivity (Wildman–Crippen MR) is 127 cm³/mol. The number of rotatable bonds is 11. The summed E-state index contributed by atoms with van der Waals surface area (Å²) in [5.41, 5.74) is 5.96. The van der Waals surface area contributed by atoms with Crippen molar-refractivity contribution in [1.82, 2.24) is 10.6 Å². The van der Waals surface area contributed by atoms with Gasteiger partial charge in [0.15, 0.2) is 0 Å². The van der Waals surface area contributed by atoms with E-state index in [1.54, 1.807) is 45.0 Å². The summed E-state index contributed by atoms with van der Waals surface area (Å²) in [6.07, 6.45) is -1.40. The molecule has 2 atom stereocenters. The van der Waals surface area contributed by atoms with Gasteiger partial charge >= 0.3 is 12.1 Å². The van der Waals surface area contributed by atoms with Crippen molar-refractivity contribution >= 4 is 23.9 Å². The normalized spacial score (nSPS) is 12.7. The molecule has 0 spiro atoms. The second-order valence-corrected chi connectivity index (χ2v) is 8.89. The van der Waals surface area contributed by atoms with Gasteiger partial charge in [0.25, 0.3) is 0 Å². The van der Waals surface area contributed by atoms with E-state index in [2.05, 4.69) is 10.6 Å². The quantitative estimate of drug-likeness (QED) is 0.380. The number of hydrogen-bond acceptors (Lipinski definition) is 6. The number of aliphatic carboxylic acids is 1. The van der Waals surface area contributed by atoms with Gasteiger partial charge in [0.05, 0.1) is 6.42 Å². The van der Waals surface area contributed by atoms with Gasteiger partial charge in [-0.05, 0) is 44.0 Å². The second-order valence-electron chi connectivity index (χ2n) is 8.89. The first-order chi connectivity index (χ1) is 16.4. The van der Waals surface area contributed by atoms with Crippen LogP contribution in [0.5, 0.6) is 5.75 Å². The number of alkyl carbamates (subject to hydrolysis) is 1. The van der Waals surface area contributed by atoms with Crippen LogP contribution in [-0.2, 0) is 32.1 Å². The number of amides is 3. The fourth-order valence-electron chi connectivity index (χ4n) is 3.03. The van der Waals surface area contributed by atoms with Gasteiger partial charge in [-0.25, -0.2) is 9.59 Å². The number of carboxylic acids is 1. The van der Waals surface area contributed by atoms with E-state index in [-0.39, 0.29) is 6.42 Å². The highest BCUT2D eigenvalue weighted by molar-refractivity contribution is 5.91. The van der Waals surface area contributed by atoms with E-state index in [9.17, 15) is 24.3 Å². The molecule has 0 bridgehead atoms. The van der Waals surface area contributed by atoms with E-state index in [1.807, 2.05) is 30.3 Å². The summed E-state index contributed by atoms with van der Waals surface area (Å²) in [4.78, 5) is 47.7. The summed E-state index contributed by atoms with van der Waals surface area (Å²) >= 11 is 0. The van der Waals surface area contributed by atoms with Gasteiger partial charge in [-0.15, -0.1) is 0 Å². The molecule has 0 aliphatic rings. The van der Waals surface area contributed by atoms with Crippen LogP contribution in [0.15, 0.2) is 54.6 Å². The number of benzene rings is 2. The Morgan fingerprint density at radius 3 is 2.09 bits per heavy atom. The van der Waals surface area contributed by atoms with Crippen LogP contribution in [-0.4, -0.2) is 46.7 Å². The molecule has 2 rings (SSSR count). The van der Waals surface area contributed by atoms with E-state index >= 15 is 0 Å². The molecule has 0 heterocycles. The van der Waals surface area contributed by atoms with Crippen molar-refractivity contribution < 1.29 is 33.8 Å². The van der Waals surface area contributed by atoms with E-state index in [0.717, 1.165) is 5.56 Å². The van der Waals surface area contributed by atoms with Crippen LogP contribution >= 0.6 is 0 Å². The van der Waals surface area contributed by atoms with E-state index < -0.39 is 48.0 Å². The summed E-state index contributed by atoms with van der Waals surface area (Å²) in [6.45, 7) is 5.40. The zero-order valence-electron chi connectivity index (χ0n) is 19.9. The van der Waals surface area contributed by atoms with Crippen molar-refractivity contribution in [2.24, 2.45) is 5.73 Å². The molecule has 3 amide bonds. The zero-order valence-corrected chi connectivity index (χ0v) is 19.9. The minimum absolute atomic E-state index is 0.0347. The first-order valence-corrected chi connectivity index (χ1v) is 11.0. The second kappa shape index (κ2) is 12.4. The maximum atomic E-state index is 12.8. The Labute approximate surface area is 203 Å². The third kappa shape index (κ3) is 10.2. The molecule has 2 aromatic carbocycles. The highest BCUT2D eigenvalue weighted by atomic mass is 16.6. The summed E-state index contributed by atoms with van der Waals surface area (Å²) in [5, 5.41) is 14.0. The molecule has 0 radical (unpaired) electrons. The number of ether oxygens (including phenoxy) is 2. The highest BCUT2D eigenvalue weighted by Gasteiger charge is 2.29. The Hall–Kier alpha value is -4.08. The molecular weight excluding hydrogens is 454 g/mol. The maximum absolute atomic E-state index is 12.8. The molecule has 0 aliphatic carbocycles. The largest absolute Gasteiger partial charge is 0.489 e. The molecule has 35 heavy (non-hydrogen) atoms. The Kier molecular flexibility index (Phi) is 9.63. The van der Waals surface area contributed by atoms with E-state index in [1.165, 1.54) is 0 Å². The molecule has 0 unspecified atom stereocenters. The molecule has 0 saturated heterocycles. The van der Waals surface area contributed by atoms with Crippen LogP contribution in [0.25, 0.3) is 0 Å². The number of hydrogen-bond donors (Lipinski definition) is 4. The minimum Gasteiger partial charge on any atom is -0.489 e. The summed E-state index contributed by atoms with van der Waals surface area (Å²) in [5.74, 6) is -2.49. The van der Waals surface area contributed by atoms with Gasteiger partial charge in [0.2, 0.25) is 11.8 Å². The van der Waals surface area contributed by atoms with Crippen LogP contribution in [0.3, 0.4) is 0 Å². The van der Waals surface area contributed by atoms with Crippen LogP contribution in [0.4, 0.5) is 4.79 Å². The fourth-order valence-corrected chi connectivity index (χ4v) is 3.03. The predicted octanol–water partition coefficient (Wildman–Crippen LogP) is 2.15. The van der Waals surface area contributed by atoms with Gasteiger partial charge in [0.1, 0.15) is 30.0 Å². The summed E-state index contributed by atoms with van der Waals surface area (Å²) in [7, 11) is 0. The Morgan fingerprint density at radius 1 is 0.914 bits per heavy atom. The minimum atomic E-state index is -1.53. The van der Waals surface area contributed by atoms with E-state index in [4.69, 9.17) is 15.2 Å². The van der Waals surface area contributed by atoms with Gasteiger partial charge in [0, 0.05) is 6.42 Å². The lowest BCUT2D eigenvalue weighted by molar-refractivity contribution is -0.143. The molecule has 0 aliphatic heterocycles. The van der Waals surface area contributed by atoms with Crippen molar-refractivity contribution in [3.8, 4) is 5.75 Å². The molecule has 10 nitrogen and oxygen atoms in total. The van der Waals surface area contributed by atoms with Crippen molar-refractivity contribution in [3.63, 3.8) is 0 Å². The third-order valence-electron chi connectivity index (χ3n) is 4.64. The molecule has 0 fully saturated rings. The first-order valence-electron chi connectivity index (χ1n) is 11.0. The average molecular weight is 486 g/mol. The third-order valence-corrected chi connectivity index (χ3v) is 4.64. The standard InChI is InChI=1S/C25H31N3O7/c1-25(2,3)35-24(33)28-19(22(30)27-20(23(31)32)14-21(26)29)13-16-9-11-18(12-10-16)34-15-17-7-5-4-6-8-17/h4-12,19-20H,13-15H2,1-3H3,(H2,26,29)(H,27,30)(H,28,33)(H,31,32)/t19-,20-/m0/s1. The lowest BCUT2D eigenvalue weighted by Gasteiger charge is -2.24. The highest BCUT2D eigenvalue weighted by Crippen LogP contribution is 2.16. The number of carbonyl (C=O) groups excluding carboxylic acids is 3. The van der Waals surface area contributed by atoms with Crippen molar-refractivity contribution in [1.29, 1.82) is 0 Å². The Bertz CT molecular complexity index is 1020. The van der Waals surface area contributed by atoms with Crippen LogP contribution in [0.2, 0.25) is 0 Å². The lowest BCUT2D eigenvalue weighted by atomic mass is 10.0. The molecule has 10 heteroatoms. The summed E-state index contributed by atoms with van der Waals surface area (Å²) < 4.78 is 11.0. The Balaban J connectivity index is 2.11. The molecule has 0 saturated carbocycles. The van der Waals surface area contributed by atoms with Gasteiger partial charge in [-0.2, -0.15) is 0 Å². The van der Waals surface area contributed by atoms with Crippen LogP contribution in [0.1, 0.15) is 38.3 Å². The molecule has 2 aromatic rings. The van der Waals surface area contributed by atoms with Crippen molar-refractivity contribution in [3.05, 3.63) is 65.7 Å². The van der Waals surface area contributed by atoms with Gasteiger partial charge in [-0.3, -0.25) is 9.59 Å². The van der Waals surface area contributed by atoms with Gasteiger partial charge in [-0.1, -0.05) is 42.5 Å². The summed E-state index contributed by atoms with van der Waals surface area (Å²) in [6, 6.07) is 13.9. The molecular formula is C25H31N3O7. The number of carboxylic acid groups (broad SMARTS) is 1. The average Bonchev–Trinajstić information content (AvgIpc) is 2.76. The van der Waals surface area contributed by atoms with Crippen LogP contribution in [0, 0.1) is 0 Å². The SMILES string of the molecule is CC(C)(C)OC(=O)N[C@@H](Cc1ccc(OCc2ccccc2)cc1)C(=O)N[C@@H](CC(N)=O)C(=O)O. The number of carbonyl (C=O) groups is 4. The van der Waals surface area contributed by atoms with Crippen molar-refractivity contribution in [2.45, 2.75) is 57.9 Å². The lowest BCUT2D eigenvalue weighted by Crippen LogP contribution is -2.53. The molecule has 188 valence electrons. The smallest absolute Gasteiger partial charge is 0.408 e. The van der Waals surface area contributed by atoms with Gasteiger partial charge < -0.3 is 30.9 Å². The number of primary amides is 1. The zero-order chi connectivity index (χ0) is 26.0. The molecule has 5 N–H and O–H groups in total.